The van der Waals surface area contributed by atoms with Crippen LogP contribution in [0.3, 0.4) is 0 Å². The van der Waals surface area contributed by atoms with E-state index in [0.717, 1.165) is 40.7 Å². The number of nitrogens with two attached hydrogens (primary N) is 1. The fraction of sp³-hybridized carbons (Fsp3) is 0.217. The molecule has 5 rings (SSSR count). The Morgan fingerprint density at radius 2 is 1.90 bits per heavy atom. The number of para-hydroxylation sites is 1. The Hall–Kier alpha value is -3.78. The van der Waals surface area contributed by atoms with Crippen LogP contribution in [-0.2, 0) is 13.0 Å². The lowest BCUT2D eigenvalue weighted by atomic mass is 9.95. The van der Waals surface area contributed by atoms with Crippen LogP contribution in [0.4, 0.5) is 0 Å². The minimum Gasteiger partial charge on any atom is -0.497 e. The predicted octanol–water partition coefficient (Wildman–Crippen LogP) is 0.989. The van der Waals surface area contributed by atoms with Crippen LogP contribution in [0.5, 0.6) is 11.6 Å². The molecule has 0 saturated carbocycles. The largest absolute Gasteiger partial charge is 0.497 e. The van der Waals surface area contributed by atoms with Gasteiger partial charge in [0.2, 0.25) is 5.88 Å². The maximum absolute atomic E-state index is 12.8. The molecule has 4 aromatic rings. The van der Waals surface area contributed by atoms with Crippen molar-refractivity contribution >= 4 is 10.9 Å². The van der Waals surface area contributed by atoms with E-state index >= 15 is 0 Å². The molecule has 8 heteroatoms. The van der Waals surface area contributed by atoms with E-state index in [9.17, 15) is 14.7 Å². The monoisotopic (exact) mass is 419 g/mol. The molecule has 1 atom stereocenters. The van der Waals surface area contributed by atoms with Crippen molar-refractivity contribution in [1.29, 1.82) is 0 Å². The second-order valence-corrected chi connectivity index (χ2v) is 7.75. The molecule has 3 heterocycles. The van der Waals surface area contributed by atoms with Crippen molar-refractivity contribution in [3.8, 4) is 11.6 Å². The van der Waals surface area contributed by atoms with Gasteiger partial charge in [-0.2, -0.15) is 0 Å². The van der Waals surface area contributed by atoms with Crippen molar-refractivity contribution in [2.24, 2.45) is 0 Å². The average Bonchev–Trinajstić information content (AvgIpc) is 3.16. The summed E-state index contributed by atoms with van der Waals surface area (Å²) in [6.45, 7) is 0.903. The Morgan fingerprint density at radius 1 is 1.13 bits per heavy atom. The van der Waals surface area contributed by atoms with E-state index in [1.807, 2.05) is 35.6 Å². The Balaban J connectivity index is 1.61. The molecule has 31 heavy (non-hydrogen) atoms. The fourth-order valence-corrected chi connectivity index (χ4v) is 4.45. The van der Waals surface area contributed by atoms with Crippen molar-refractivity contribution in [1.82, 2.24) is 14.5 Å². The molecule has 0 spiro atoms. The maximum atomic E-state index is 12.8. The highest BCUT2D eigenvalue weighted by Gasteiger charge is 2.34. The van der Waals surface area contributed by atoms with Crippen LogP contribution in [0, 0.1) is 0 Å². The first-order chi connectivity index (χ1) is 15.1. The third kappa shape index (κ3) is 3.21. The van der Waals surface area contributed by atoms with Crippen molar-refractivity contribution in [2.45, 2.75) is 19.0 Å². The van der Waals surface area contributed by atoms with Crippen molar-refractivity contribution < 1.29 is 15.2 Å². The average molecular weight is 419 g/mol. The Bertz CT molecular complexity index is 1380. The van der Waals surface area contributed by atoms with Gasteiger partial charge in [0, 0.05) is 17.3 Å². The van der Waals surface area contributed by atoms with E-state index in [4.69, 9.17) is 4.74 Å². The minimum atomic E-state index is -0.644. The molecule has 0 fully saturated rings. The highest BCUT2D eigenvalue weighted by molar-refractivity contribution is 5.85. The molecule has 0 bridgehead atoms. The molecule has 1 aliphatic heterocycles. The number of quaternary nitrogens is 1. The summed E-state index contributed by atoms with van der Waals surface area (Å²) in [7, 11) is 1.58. The predicted molar refractivity (Wildman–Crippen MR) is 116 cm³/mol. The maximum Gasteiger partial charge on any atom is 0.331 e. The second kappa shape index (κ2) is 7.48. The Kier molecular flexibility index (Phi) is 4.63. The summed E-state index contributed by atoms with van der Waals surface area (Å²) in [5.74, 6) is 0.392. The first kappa shape index (κ1) is 19.2. The molecule has 2 aromatic carbocycles. The lowest BCUT2D eigenvalue weighted by Gasteiger charge is -2.22. The summed E-state index contributed by atoms with van der Waals surface area (Å²) in [6, 6.07) is 14.8. The van der Waals surface area contributed by atoms with Crippen LogP contribution in [0.1, 0.15) is 28.4 Å². The first-order valence-corrected chi connectivity index (χ1v) is 10.2. The standard InChI is InChI=1S/C23H22N4O4/c1-31-14-8-6-13(7-9-14)12-27-22(29)18(21(28)26-23(27)30)20-19-16(10-11-24-20)15-4-2-3-5-17(15)25-19/h2-9,20,24-25,29H,10-12H2,1H3,(H,26,28,30)/p+1/t20-/m0/s1. The molecule has 0 radical (unpaired) electrons. The van der Waals surface area contributed by atoms with E-state index in [1.165, 1.54) is 4.57 Å². The topological polar surface area (TPSA) is 117 Å². The zero-order valence-electron chi connectivity index (χ0n) is 17.0. The normalized spacial score (nSPS) is 15.7. The summed E-state index contributed by atoms with van der Waals surface area (Å²) in [5, 5.41) is 14.2. The van der Waals surface area contributed by atoms with Crippen LogP contribution in [0.25, 0.3) is 10.9 Å². The number of aromatic hydroxyl groups is 1. The number of aromatic amines is 2. The van der Waals surface area contributed by atoms with Crippen LogP contribution in [0.15, 0.2) is 58.1 Å². The Labute approximate surface area is 177 Å². The molecule has 158 valence electrons. The first-order valence-electron chi connectivity index (χ1n) is 10.2. The lowest BCUT2D eigenvalue weighted by molar-refractivity contribution is -0.690. The zero-order valence-corrected chi connectivity index (χ0v) is 17.0. The van der Waals surface area contributed by atoms with Gasteiger partial charge in [-0.25, -0.2) is 4.79 Å². The van der Waals surface area contributed by atoms with Gasteiger partial charge in [0.15, 0.2) is 6.04 Å². The summed E-state index contributed by atoms with van der Waals surface area (Å²) in [4.78, 5) is 31.1. The van der Waals surface area contributed by atoms with Crippen LogP contribution in [0.2, 0.25) is 0 Å². The van der Waals surface area contributed by atoms with Crippen molar-refractivity contribution in [3.63, 3.8) is 0 Å². The van der Waals surface area contributed by atoms with Gasteiger partial charge in [0.05, 0.1) is 25.9 Å². The molecule has 2 aromatic heterocycles. The van der Waals surface area contributed by atoms with Gasteiger partial charge >= 0.3 is 5.69 Å². The second-order valence-electron chi connectivity index (χ2n) is 7.75. The number of ether oxygens (including phenoxy) is 1. The SMILES string of the molecule is COc1ccc(Cn2c(O)c([C@@H]3[NH2+]CCc4c3[nH]c3ccccc43)c(=O)[nH]c2=O)cc1. The number of hydrogen-bond donors (Lipinski definition) is 4. The molecule has 0 amide bonds. The van der Waals surface area contributed by atoms with E-state index in [2.05, 4.69) is 16.0 Å². The molecule has 8 nitrogen and oxygen atoms in total. The molecule has 0 aliphatic carbocycles. The molecule has 0 unspecified atom stereocenters. The highest BCUT2D eigenvalue weighted by atomic mass is 16.5. The lowest BCUT2D eigenvalue weighted by Crippen LogP contribution is -2.87. The summed E-state index contributed by atoms with van der Waals surface area (Å²) < 4.78 is 6.36. The van der Waals surface area contributed by atoms with Gasteiger partial charge in [-0.05, 0) is 29.3 Å². The smallest absolute Gasteiger partial charge is 0.331 e. The number of benzene rings is 2. The van der Waals surface area contributed by atoms with E-state index < -0.39 is 17.3 Å². The molecular formula is C23H23N4O4+. The van der Waals surface area contributed by atoms with Crippen molar-refractivity contribution in [3.05, 3.63) is 91.8 Å². The third-order valence-electron chi connectivity index (χ3n) is 5.97. The highest BCUT2D eigenvalue weighted by Crippen LogP contribution is 2.32. The summed E-state index contributed by atoms with van der Waals surface area (Å²) >= 11 is 0. The number of nitrogens with zero attached hydrogens (tertiary/aromatic N) is 1. The van der Waals surface area contributed by atoms with Gasteiger partial charge in [-0.3, -0.25) is 14.3 Å². The number of H-pyrrole nitrogens is 2. The number of methoxy groups -OCH3 is 1. The minimum absolute atomic E-state index is 0.130. The quantitative estimate of drug-likeness (QED) is 0.395. The number of aromatic nitrogens is 3. The van der Waals surface area contributed by atoms with Gasteiger partial charge in [-0.15, -0.1) is 0 Å². The van der Waals surface area contributed by atoms with E-state index in [1.54, 1.807) is 19.2 Å². The van der Waals surface area contributed by atoms with Crippen LogP contribution in [-0.4, -0.2) is 33.3 Å². The number of hydrogen-bond acceptors (Lipinski definition) is 4. The molecular weight excluding hydrogens is 396 g/mol. The fourth-order valence-electron chi connectivity index (χ4n) is 4.45. The van der Waals surface area contributed by atoms with E-state index in [0.29, 0.717) is 5.75 Å². The molecule has 1 aliphatic rings. The van der Waals surface area contributed by atoms with Gasteiger partial charge < -0.3 is 20.1 Å². The Morgan fingerprint density at radius 3 is 2.68 bits per heavy atom. The van der Waals surface area contributed by atoms with E-state index in [-0.39, 0.29) is 18.0 Å². The number of fused-ring (bicyclic) bond motifs is 3. The molecule has 5 N–H and O–H groups in total. The number of nitrogens with one attached hydrogen (secondary N) is 2. The van der Waals surface area contributed by atoms with Gasteiger partial charge in [0.1, 0.15) is 11.3 Å². The number of rotatable bonds is 4. The van der Waals surface area contributed by atoms with Gasteiger partial charge in [-0.1, -0.05) is 30.3 Å². The van der Waals surface area contributed by atoms with Gasteiger partial charge in [0.25, 0.3) is 5.56 Å². The summed E-state index contributed by atoms with van der Waals surface area (Å²) in [5.41, 5.74) is 2.81. The molecule has 0 saturated heterocycles. The third-order valence-corrected chi connectivity index (χ3v) is 5.97. The van der Waals surface area contributed by atoms with Crippen LogP contribution >= 0.6 is 0 Å². The van der Waals surface area contributed by atoms with Crippen molar-refractivity contribution in [2.75, 3.05) is 13.7 Å². The van der Waals surface area contributed by atoms with Crippen LogP contribution < -0.4 is 21.3 Å². The zero-order chi connectivity index (χ0) is 21.5. The summed E-state index contributed by atoms with van der Waals surface area (Å²) in [6.07, 6.45) is 0.861.